The minimum absolute atomic E-state index is 0.461. The number of aryl methyl sites for hydroxylation is 1. The fourth-order valence-corrected chi connectivity index (χ4v) is 0.625. The molecule has 0 atom stereocenters. The Balaban J connectivity index is 0.000000561. The van der Waals surface area contributed by atoms with Crippen LogP contribution in [0.1, 0.15) is 26.5 Å². The molecule has 1 heterocycles. The molecule has 1 aromatic heterocycles. The first-order valence-electron chi connectivity index (χ1n) is 4.25. The van der Waals surface area contributed by atoms with Gasteiger partial charge in [0.25, 0.3) is 0 Å². The van der Waals surface area contributed by atoms with E-state index in [1.165, 1.54) is 0 Å². The van der Waals surface area contributed by atoms with Crippen molar-refractivity contribution in [1.29, 1.82) is 0 Å². The molecule has 12 heavy (non-hydrogen) atoms. The molecule has 3 heteroatoms. The van der Waals surface area contributed by atoms with Crippen LogP contribution in [0.25, 0.3) is 0 Å². The molecule has 68 valence electrons. The summed E-state index contributed by atoms with van der Waals surface area (Å²) >= 11 is 0. The maximum absolute atomic E-state index is 5.06. The average Bonchev–Trinajstić information content (AvgIpc) is 2.09. The molecule has 0 radical (unpaired) electrons. The molecule has 0 aliphatic carbocycles. The summed E-state index contributed by atoms with van der Waals surface area (Å²) in [6, 6.07) is 2.30. The highest BCUT2D eigenvalue weighted by molar-refractivity contribution is 5.02. The number of aromatic nitrogens is 2. The van der Waals surface area contributed by atoms with Gasteiger partial charge in [0.1, 0.15) is 0 Å². The van der Waals surface area contributed by atoms with E-state index in [-0.39, 0.29) is 0 Å². The van der Waals surface area contributed by atoms with Crippen molar-refractivity contribution < 1.29 is 4.74 Å². The van der Waals surface area contributed by atoms with E-state index in [1.54, 1.807) is 6.20 Å². The Labute approximate surface area is 73.8 Å². The van der Waals surface area contributed by atoms with Crippen LogP contribution in [-0.4, -0.2) is 16.6 Å². The first-order valence-corrected chi connectivity index (χ1v) is 4.25. The van der Waals surface area contributed by atoms with Gasteiger partial charge >= 0.3 is 6.01 Å². The standard InChI is InChI=1S/C7H10N2O.C2H6/c1-3-10-7-8-5-4-6(2)9-7;1-2/h4-5H,3H2,1-2H3;1-2H3. The summed E-state index contributed by atoms with van der Waals surface area (Å²) in [6.45, 7) is 8.43. The molecule has 1 aromatic rings. The van der Waals surface area contributed by atoms with Crippen molar-refractivity contribution in [3.05, 3.63) is 18.0 Å². The van der Waals surface area contributed by atoms with Gasteiger partial charge in [-0.3, -0.25) is 0 Å². The highest BCUT2D eigenvalue weighted by Gasteiger charge is 1.92. The van der Waals surface area contributed by atoms with E-state index in [0.29, 0.717) is 12.6 Å². The Morgan fingerprint density at radius 1 is 1.42 bits per heavy atom. The zero-order chi connectivity index (χ0) is 9.40. The molecular formula is C9H16N2O. The molecule has 0 amide bonds. The number of hydrogen-bond donors (Lipinski definition) is 0. The molecule has 1 rings (SSSR count). The second kappa shape index (κ2) is 6.58. The summed E-state index contributed by atoms with van der Waals surface area (Å²) in [5.41, 5.74) is 0.929. The fraction of sp³-hybridized carbons (Fsp3) is 0.556. The van der Waals surface area contributed by atoms with Crippen LogP contribution >= 0.6 is 0 Å². The van der Waals surface area contributed by atoms with Gasteiger partial charge in [0.05, 0.1) is 6.61 Å². The van der Waals surface area contributed by atoms with Crippen LogP contribution in [0, 0.1) is 6.92 Å². The lowest BCUT2D eigenvalue weighted by Crippen LogP contribution is -1.97. The molecule has 0 N–H and O–H groups in total. The third kappa shape index (κ3) is 3.91. The zero-order valence-corrected chi connectivity index (χ0v) is 8.16. The summed E-state index contributed by atoms with van der Waals surface area (Å²) in [4.78, 5) is 7.93. The van der Waals surface area contributed by atoms with Gasteiger partial charge < -0.3 is 4.74 Å². The van der Waals surface area contributed by atoms with E-state index in [1.807, 2.05) is 33.8 Å². The lowest BCUT2D eigenvalue weighted by atomic mass is 10.5. The van der Waals surface area contributed by atoms with Crippen molar-refractivity contribution >= 4 is 0 Å². The molecule has 3 nitrogen and oxygen atoms in total. The van der Waals surface area contributed by atoms with E-state index in [2.05, 4.69) is 9.97 Å². The normalized spacial score (nSPS) is 8.33. The summed E-state index contributed by atoms with van der Waals surface area (Å²) in [7, 11) is 0. The van der Waals surface area contributed by atoms with Crippen LogP contribution in [-0.2, 0) is 0 Å². The molecule has 0 aliphatic heterocycles. The minimum atomic E-state index is 0.461. The Hall–Kier alpha value is -1.12. The number of rotatable bonds is 2. The van der Waals surface area contributed by atoms with Crippen LogP contribution in [0.2, 0.25) is 0 Å². The number of nitrogens with zero attached hydrogens (tertiary/aromatic N) is 2. The predicted octanol–water partition coefficient (Wildman–Crippen LogP) is 2.21. The molecular weight excluding hydrogens is 152 g/mol. The van der Waals surface area contributed by atoms with Crippen LogP contribution in [0.3, 0.4) is 0 Å². The van der Waals surface area contributed by atoms with E-state index >= 15 is 0 Å². The van der Waals surface area contributed by atoms with Crippen LogP contribution < -0.4 is 4.74 Å². The lowest BCUT2D eigenvalue weighted by Gasteiger charge is -1.98. The van der Waals surface area contributed by atoms with Crippen LogP contribution in [0.5, 0.6) is 6.01 Å². The predicted molar refractivity (Wildman–Crippen MR) is 49.3 cm³/mol. The summed E-state index contributed by atoms with van der Waals surface area (Å²) in [5, 5.41) is 0. The molecule has 0 saturated heterocycles. The zero-order valence-electron chi connectivity index (χ0n) is 8.16. The van der Waals surface area contributed by atoms with Gasteiger partial charge in [-0.2, -0.15) is 0 Å². The number of hydrogen-bond acceptors (Lipinski definition) is 3. The summed E-state index contributed by atoms with van der Waals surface area (Å²) in [5.74, 6) is 0. The van der Waals surface area contributed by atoms with Crippen molar-refractivity contribution in [2.24, 2.45) is 0 Å². The molecule has 0 saturated carbocycles. The average molecular weight is 168 g/mol. The van der Waals surface area contributed by atoms with Crippen molar-refractivity contribution in [3.63, 3.8) is 0 Å². The SMILES string of the molecule is CC.CCOc1nccc(C)n1. The molecule has 0 spiro atoms. The molecule has 0 aromatic carbocycles. The Bertz CT molecular complexity index is 213. The first kappa shape index (κ1) is 10.9. The van der Waals surface area contributed by atoms with Gasteiger partial charge in [0.2, 0.25) is 0 Å². The van der Waals surface area contributed by atoms with Gasteiger partial charge in [-0.15, -0.1) is 0 Å². The molecule has 0 unspecified atom stereocenters. The smallest absolute Gasteiger partial charge is 0.316 e. The first-order chi connectivity index (χ1) is 5.83. The largest absolute Gasteiger partial charge is 0.464 e. The maximum Gasteiger partial charge on any atom is 0.316 e. The van der Waals surface area contributed by atoms with Crippen LogP contribution in [0.15, 0.2) is 12.3 Å². The highest BCUT2D eigenvalue weighted by Crippen LogP contribution is 2.00. The van der Waals surface area contributed by atoms with Crippen molar-refractivity contribution in [2.45, 2.75) is 27.7 Å². The van der Waals surface area contributed by atoms with Gasteiger partial charge in [-0.25, -0.2) is 9.97 Å². The molecule has 0 fully saturated rings. The second-order valence-corrected chi connectivity index (χ2v) is 1.91. The van der Waals surface area contributed by atoms with E-state index in [0.717, 1.165) is 5.69 Å². The van der Waals surface area contributed by atoms with E-state index in [4.69, 9.17) is 4.74 Å². The van der Waals surface area contributed by atoms with Crippen molar-refractivity contribution in [1.82, 2.24) is 9.97 Å². The van der Waals surface area contributed by atoms with Gasteiger partial charge in [0.15, 0.2) is 0 Å². The second-order valence-electron chi connectivity index (χ2n) is 1.91. The Morgan fingerprint density at radius 2 is 2.08 bits per heavy atom. The summed E-state index contributed by atoms with van der Waals surface area (Å²) < 4.78 is 5.06. The highest BCUT2D eigenvalue weighted by atomic mass is 16.5. The third-order valence-electron chi connectivity index (χ3n) is 1.05. The Kier molecular flexibility index (Phi) is 5.97. The minimum Gasteiger partial charge on any atom is -0.464 e. The molecule has 0 aliphatic rings. The van der Waals surface area contributed by atoms with Gasteiger partial charge in [0, 0.05) is 11.9 Å². The molecule has 0 bridgehead atoms. The van der Waals surface area contributed by atoms with Crippen molar-refractivity contribution in [3.8, 4) is 6.01 Å². The monoisotopic (exact) mass is 168 g/mol. The quantitative estimate of drug-likeness (QED) is 0.679. The van der Waals surface area contributed by atoms with Crippen molar-refractivity contribution in [2.75, 3.05) is 6.61 Å². The topological polar surface area (TPSA) is 35.0 Å². The van der Waals surface area contributed by atoms with Crippen LogP contribution in [0.4, 0.5) is 0 Å². The fourth-order valence-electron chi connectivity index (χ4n) is 0.625. The lowest BCUT2D eigenvalue weighted by molar-refractivity contribution is 0.311. The van der Waals surface area contributed by atoms with E-state index < -0.39 is 0 Å². The summed E-state index contributed by atoms with van der Waals surface area (Å²) in [6.07, 6.45) is 1.69. The van der Waals surface area contributed by atoms with Gasteiger partial charge in [-0.1, -0.05) is 13.8 Å². The maximum atomic E-state index is 5.06. The number of ether oxygens (including phenoxy) is 1. The van der Waals surface area contributed by atoms with Gasteiger partial charge in [-0.05, 0) is 19.9 Å². The third-order valence-corrected chi connectivity index (χ3v) is 1.05. The van der Waals surface area contributed by atoms with E-state index in [9.17, 15) is 0 Å². The Morgan fingerprint density at radius 3 is 2.58 bits per heavy atom.